The Morgan fingerprint density at radius 1 is 0.966 bits per heavy atom. The van der Waals surface area contributed by atoms with Crippen LogP contribution in [0.3, 0.4) is 0 Å². The van der Waals surface area contributed by atoms with E-state index < -0.39 is 5.91 Å². The minimum absolute atomic E-state index is 0.269. The van der Waals surface area contributed by atoms with Crippen molar-refractivity contribution >= 4 is 28.4 Å². The molecule has 0 radical (unpaired) electrons. The van der Waals surface area contributed by atoms with E-state index in [4.69, 9.17) is 16.3 Å². The molecule has 1 amide bonds. The average molecular weight is 406 g/mol. The predicted molar refractivity (Wildman–Crippen MR) is 113 cm³/mol. The number of rotatable bonds is 5. The van der Waals surface area contributed by atoms with Crippen molar-refractivity contribution in [3.8, 4) is 17.1 Å². The Labute approximate surface area is 171 Å². The Balaban J connectivity index is 1.66. The van der Waals surface area contributed by atoms with Crippen molar-refractivity contribution < 1.29 is 9.53 Å². The number of aromatic nitrogens is 2. The van der Waals surface area contributed by atoms with Crippen molar-refractivity contribution in [1.29, 1.82) is 0 Å². The summed E-state index contributed by atoms with van der Waals surface area (Å²) >= 11 is 5.84. The van der Waals surface area contributed by atoms with E-state index in [2.05, 4.69) is 10.4 Å². The molecular formula is C22H16ClN3O3. The molecule has 1 heterocycles. The van der Waals surface area contributed by atoms with Gasteiger partial charge in [-0.1, -0.05) is 54.1 Å². The number of nitrogens with one attached hydrogen (secondary N) is 1. The lowest BCUT2D eigenvalue weighted by Crippen LogP contribution is -2.37. The van der Waals surface area contributed by atoms with Crippen LogP contribution in [0.2, 0.25) is 5.02 Å². The molecular weight excluding hydrogens is 390 g/mol. The van der Waals surface area contributed by atoms with Gasteiger partial charge < -0.3 is 4.74 Å². The van der Waals surface area contributed by atoms with Crippen molar-refractivity contribution in [3.05, 3.63) is 94.2 Å². The first-order chi connectivity index (χ1) is 14.1. The van der Waals surface area contributed by atoms with E-state index in [0.717, 1.165) is 4.68 Å². The number of ether oxygens (including phenoxy) is 1. The molecule has 7 heteroatoms. The largest absolute Gasteiger partial charge is 0.484 e. The molecule has 0 aliphatic rings. The quantitative estimate of drug-likeness (QED) is 0.547. The summed E-state index contributed by atoms with van der Waals surface area (Å²) in [6.07, 6.45) is 0. The zero-order chi connectivity index (χ0) is 20.2. The molecule has 144 valence electrons. The van der Waals surface area contributed by atoms with Gasteiger partial charge in [0.15, 0.2) is 12.4 Å². The molecule has 0 saturated carbocycles. The first kappa shape index (κ1) is 18.7. The highest BCUT2D eigenvalue weighted by atomic mass is 35.5. The fraction of sp³-hybridized carbons (Fsp3) is 0.0455. The van der Waals surface area contributed by atoms with E-state index in [9.17, 15) is 9.59 Å². The summed E-state index contributed by atoms with van der Waals surface area (Å²) in [4.78, 5) is 30.1. The molecule has 3 aromatic carbocycles. The SMILES string of the molecule is O=C(COc1ccc(Cl)cc1)Nn1c(-c2ccccc2)nc2ccccc2c1=O. The van der Waals surface area contributed by atoms with Crippen LogP contribution < -0.4 is 15.7 Å². The number of carbonyl (C=O) groups excluding carboxylic acids is 1. The van der Waals surface area contributed by atoms with Crippen LogP contribution in [0.4, 0.5) is 0 Å². The predicted octanol–water partition coefficient (Wildman–Crippen LogP) is 3.87. The van der Waals surface area contributed by atoms with Gasteiger partial charge in [-0.3, -0.25) is 15.0 Å². The summed E-state index contributed by atoms with van der Waals surface area (Å²) in [5.41, 5.74) is 3.49. The smallest absolute Gasteiger partial charge is 0.280 e. The molecule has 0 aliphatic heterocycles. The standard InChI is InChI=1S/C22H16ClN3O3/c23-16-10-12-17(13-11-16)29-14-20(27)25-26-21(15-6-2-1-3-7-15)24-19-9-5-4-8-18(19)22(26)28/h1-13H,14H2,(H,25,27). The molecule has 0 aliphatic carbocycles. The molecule has 6 nitrogen and oxygen atoms in total. The number of halogens is 1. The number of hydrogen-bond acceptors (Lipinski definition) is 4. The van der Waals surface area contributed by atoms with Gasteiger partial charge in [0.25, 0.3) is 11.5 Å². The maximum atomic E-state index is 13.0. The molecule has 4 rings (SSSR count). The third kappa shape index (κ3) is 4.12. The van der Waals surface area contributed by atoms with E-state index in [1.807, 2.05) is 36.4 Å². The lowest BCUT2D eigenvalue weighted by molar-refractivity contribution is -0.119. The van der Waals surface area contributed by atoms with Crippen molar-refractivity contribution in [2.75, 3.05) is 12.0 Å². The molecule has 0 atom stereocenters. The van der Waals surface area contributed by atoms with Crippen LogP contribution in [0.25, 0.3) is 22.3 Å². The number of para-hydroxylation sites is 1. The molecule has 0 saturated heterocycles. The van der Waals surface area contributed by atoms with Crippen LogP contribution in [-0.2, 0) is 4.79 Å². The zero-order valence-corrected chi connectivity index (χ0v) is 16.0. The molecule has 0 bridgehead atoms. The highest BCUT2D eigenvalue weighted by Gasteiger charge is 2.15. The van der Waals surface area contributed by atoms with Gasteiger partial charge in [-0.2, -0.15) is 4.68 Å². The molecule has 4 aromatic rings. The van der Waals surface area contributed by atoms with Crippen LogP contribution in [0, 0.1) is 0 Å². The van der Waals surface area contributed by atoms with Gasteiger partial charge in [0.1, 0.15) is 5.75 Å². The number of carbonyl (C=O) groups is 1. The van der Waals surface area contributed by atoms with Gasteiger partial charge >= 0.3 is 0 Å². The number of fused-ring (bicyclic) bond motifs is 1. The van der Waals surface area contributed by atoms with Crippen LogP contribution in [0.15, 0.2) is 83.7 Å². The van der Waals surface area contributed by atoms with Crippen LogP contribution in [-0.4, -0.2) is 22.2 Å². The highest BCUT2D eigenvalue weighted by molar-refractivity contribution is 6.30. The average Bonchev–Trinajstić information content (AvgIpc) is 2.76. The lowest BCUT2D eigenvalue weighted by atomic mass is 10.2. The van der Waals surface area contributed by atoms with Crippen molar-refractivity contribution in [2.45, 2.75) is 0 Å². The van der Waals surface area contributed by atoms with Gasteiger partial charge in [0, 0.05) is 10.6 Å². The van der Waals surface area contributed by atoms with E-state index in [-0.39, 0.29) is 12.2 Å². The van der Waals surface area contributed by atoms with Gasteiger partial charge in [-0.25, -0.2) is 4.98 Å². The summed E-state index contributed by atoms with van der Waals surface area (Å²) in [7, 11) is 0. The Morgan fingerprint density at radius 3 is 2.41 bits per heavy atom. The van der Waals surface area contributed by atoms with Gasteiger partial charge in [0.2, 0.25) is 0 Å². The number of benzene rings is 3. The Bertz CT molecular complexity index is 1220. The molecule has 1 N–H and O–H groups in total. The Hall–Kier alpha value is -3.64. The summed E-state index contributed by atoms with van der Waals surface area (Å²) < 4.78 is 6.62. The van der Waals surface area contributed by atoms with Crippen molar-refractivity contribution in [3.63, 3.8) is 0 Å². The fourth-order valence-corrected chi connectivity index (χ4v) is 2.98. The first-order valence-corrected chi connectivity index (χ1v) is 9.25. The molecule has 0 spiro atoms. The molecule has 1 aromatic heterocycles. The number of amides is 1. The highest BCUT2D eigenvalue weighted by Crippen LogP contribution is 2.18. The topological polar surface area (TPSA) is 73.2 Å². The van der Waals surface area contributed by atoms with Gasteiger partial charge in [-0.15, -0.1) is 0 Å². The maximum Gasteiger partial charge on any atom is 0.280 e. The summed E-state index contributed by atoms with van der Waals surface area (Å²) in [6.45, 7) is -0.269. The van der Waals surface area contributed by atoms with Crippen LogP contribution in [0.1, 0.15) is 0 Å². The Kier molecular flexibility index (Phi) is 5.27. The lowest BCUT2D eigenvalue weighted by Gasteiger charge is -2.15. The van der Waals surface area contributed by atoms with Crippen molar-refractivity contribution in [1.82, 2.24) is 9.66 Å². The van der Waals surface area contributed by atoms with E-state index >= 15 is 0 Å². The second-order valence-electron chi connectivity index (χ2n) is 6.24. The van der Waals surface area contributed by atoms with Gasteiger partial charge in [0.05, 0.1) is 10.9 Å². The molecule has 0 unspecified atom stereocenters. The maximum absolute atomic E-state index is 13.0. The normalized spacial score (nSPS) is 10.7. The Morgan fingerprint density at radius 2 is 1.66 bits per heavy atom. The van der Waals surface area contributed by atoms with Crippen LogP contribution >= 0.6 is 11.6 Å². The first-order valence-electron chi connectivity index (χ1n) is 8.87. The summed E-state index contributed by atoms with van der Waals surface area (Å²) in [5, 5.41) is 0.981. The minimum atomic E-state index is -0.490. The van der Waals surface area contributed by atoms with E-state index in [1.54, 1.807) is 42.5 Å². The molecule has 0 fully saturated rings. The summed E-state index contributed by atoms with van der Waals surface area (Å²) in [5.74, 6) is 0.349. The fourth-order valence-electron chi connectivity index (χ4n) is 2.85. The minimum Gasteiger partial charge on any atom is -0.484 e. The van der Waals surface area contributed by atoms with Crippen molar-refractivity contribution in [2.24, 2.45) is 0 Å². The third-order valence-electron chi connectivity index (χ3n) is 4.23. The van der Waals surface area contributed by atoms with E-state index in [1.165, 1.54) is 0 Å². The number of nitrogens with zero attached hydrogens (tertiary/aromatic N) is 2. The molecule has 29 heavy (non-hydrogen) atoms. The van der Waals surface area contributed by atoms with E-state index in [0.29, 0.717) is 33.1 Å². The second kappa shape index (κ2) is 8.16. The number of hydrogen-bond donors (Lipinski definition) is 1. The second-order valence-corrected chi connectivity index (χ2v) is 6.67. The summed E-state index contributed by atoms with van der Waals surface area (Å²) in [6, 6.07) is 22.8. The third-order valence-corrected chi connectivity index (χ3v) is 4.48. The monoisotopic (exact) mass is 405 g/mol. The zero-order valence-electron chi connectivity index (χ0n) is 15.2. The van der Waals surface area contributed by atoms with Gasteiger partial charge in [-0.05, 0) is 36.4 Å². The van der Waals surface area contributed by atoms with Crippen LogP contribution in [0.5, 0.6) is 5.75 Å².